The molecule has 1 amide bonds. The van der Waals surface area contributed by atoms with Gasteiger partial charge < -0.3 is 25.0 Å². The number of carbonyl (C=O) groups excluding carboxylic acids is 1. The fourth-order valence-corrected chi connectivity index (χ4v) is 10.6. The average molecular weight is 788 g/mol. The molecule has 0 unspecified atom stereocenters. The van der Waals surface area contributed by atoms with Crippen LogP contribution in [0.4, 0.5) is 32.8 Å². The number of likely N-dealkylation sites (tertiary alicyclic amines) is 1. The molecule has 5 aliphatic rings. The molecule has 2 aromatic carbocycles. The molecule has 0 spiro atoms. The van der Waals surface area contributed by atoms with E-state index in [1.165, 1.54) is 6.07 Å². The zero-order chi connectivity index (χ0) is 37.6. The van der Waals surface area contributed by atoms with Crippen molar-refractivity contribution in [2.24, 2.45) is 11.8 Å². The summed E-state index contributed by atoms with van der Waals surface area (Å²) in [4.78, 5) is 28.4. The molecule has 6 heterocycles. The molecule has 9 rings (SSSR count). The van der Waals surface area contributed by atoms with Crippen LogP contribution >= 0.6 is 22.9 Å². The number of hydrogen-bond donors (Lipinski definition) is 1. The third kappa shape index (κ3) is 5.51. The number of fused-ring (bicyclic) bond motifs is 2. The molecule has 4 aromatic rings. The Kier molecular flexibility index (Phi) is 8.70. The quantitative estimate of drug-likeness (QED) is 0.199. The van der Waals surface area contributed by atoms with Gasteiger partial charge in [-0.1, -0.05) is 17.7 Å². The number of rotatable bonds is 7. The second-order valence-electron chi connectivity index (χ2n) is 15.0. The summed E-state index contributed by atoms with van der Waals surface area (Å²) in [5, 5.41) is 10.2. The van der Waals surface area contributed by atoms with E-state index < -0.39 is 41.6 Å². The highest BCUT2D eigenvalue weighted by atomic mass is 35.5. The van der Waals surface area contributed by atoms with E-state index in [0.29, 0.717) is 32.5 Å². The predicted octanol–water partition coefficient (Wildman–Crippen LogP) is 6.94. The first-order valence-corrected chi connectivity index (χ1v) is 19.3. The fourth-order valence-electron chi connectivity index (χ4n) is 9.27. The molecule has 1 saturated carbocycles. The van der Waals surface area contributed by atoms with Gasteiger partial charge in [-0.3, -0.25) is 9.69 Å². The smallest absolute Gasteiger partial charge is 0.319 e. The number of alkyl halides is 3. The number of nitrogens with two attached hydrogens (primary N) is 1. The minimum atomic E-state index is -2.45. The van der Waals surface area contributed by atoms with E-state index in [1.54, 1.807) is 4.90 Å². The van der Waals surface area contributed by atoms with E-state index in [0.717, 1.165) is 36.8 Å². The summed E-state index contributed by atoms with van der Waals surface area (Å²) in [5.41, 5.74) is 5.31. The number of nitrogens with zero attached hydrogens (tertiary/aromatic N) is 6. The molecule has 2 N–H and O–H groups in total. The number of nitrogen functional groups attached to an aromatic ring is 1. The Labute approximate surface area is 315 Å². The van der Waals surface area contributed by atoms with E-state index in [4.69, 9.17) is 31.8 Å². The van der Waals surface area contributed by atoms with Gasteiger partial charge in [0.15, 0.2) is 11.6 Å². The van der Waals surface area contributed by atoms with E-state index in [9.17, 15) is 23.2 Å². The molecule has 4 aliphatic heterocycles. The van der Waals surface area contributed by atoms with Gasteiger partial charge in [0.05, 0.1) is 32.8 Å². The third-order valence-electron chi connectivity index (χ3n) is 12.0. The van der Waals surface area contributed by atoms with Crippen LogP contribution in [0.3, 0.4) is 0 Å². The maximum atomic E-state index is 17.3. The number of aromatic nitrogens is 2. The van der Waals surface area contributed by atoms with Crippen molar-refractivity contribution < 1.29 is 36.2 Å². The molecule has 0 radical (unpaired) electrons. The molecule has 284 valence electrons. The Morgan fingerprint density at radius 3 is 2.78 bits per heavy atom. The van der Waals surface area contributed by atoms with Crippen molar-refractivity contribution in [3.8, 4) is 29.0 Å². The van der Waals surface area contributed by atoms with Gasteiger partial charge in [-0.25, -0.2) is 22.0 Å². The standard InChI is InChI=1S/C37H35ClF5N7O3S/c38-27-25(21-2-3-23(40)31-24(21)22(13-44)33(45)54-31)28(41)29-26-30(27)52-9-8-50(20-4-7-48(15-20)35(51)18-10-17(11-18)32(42)43)34(26)47-36(46-29)53-16-37-5-1-6-49(37)14-19(39)12-37/h2-3,17-20,32H,1,4-12,14-16,45H2/t17?,18?,19-,20+,37+/m1/s1. The van der Waals surface area contributed by atoms with Crippen molar-refractivity contribution in [3.05, 3.63) is 34.4 Å². The van der Waals surface area contributed by atoms with Crippen molar-refractivity contribution in [1.29, 1.82) is 5.26 Å². The lowest BCUT2D eigenvalue weighted by Gasteiger charge is -2.36. The average Bonchev–Trinajstić information content (AvgIpc) is 3.87. The van der Waals surface area contributed by atoms with E-state index >= 15 is 8.78 Å². The molecule has 10 nitrogen and oxygen atoms in total. The van der Waals surface area contributed by atoms with Crippen LogP contribution < -0.4 is 20.1 Å². The minimum Gasteiger partial charge on any atom is -0.489 e. The van der Waals surface area contributed by atoms with Crippen LogP contribution in [0.25, 0.3) is 32.1 Å². The monoisotopic (exact) mass is 787 g/mol. The molecule has 4 fully saturated rings. The molecule has 3 atom stereocenters. The molecule has 2 aromatic heterocycles. The van der Waals surface area contributed by atoms with Gasteiger partial charge in [0, 0.05) is 54.9 Å². The van der Waals surface area contributed by atoms with Crippen LogP contribution in [0, 0.1) is 34.8 Å². The highest BCUT2D eigenvalue weighted by molar-refractivity contribution is 7.23. The fraction of sp³-hybridized carbons (Fsp3) is 0.514. The van der Waals surface area contributed by atoms with Gasteiger partial charge in [0.2, 0.25) is 12.3 Å². The molecule has 3 saturated heterocycles. The van der Waals surface area contributed by atoms with E-state index in [-0.39, 0.29) is 110 Å². The lowest BCUT2D eigenvalue weighted by atomic mass is 9.74. The highest BCUT2D eigenvalue weighted by Crippen LogP contribution is 2.51. The second kappa shape index (κ2) is 13.2. The molecule has 0 bridgehead atoms. The Bertz CT molecular complexity index is 2250. The lowest BCUT2D eigenvalue weighted by molar-refractivity contribution is -0.141. The molecular weight excluding hydrogens is 753 g/mol. The summed E-state index contributed by atoms with van der Waals surface area (Å²) < 4.78 is 86.0. The van der Waals surface area contributed by atoms with Gasteiger partial charge in [-0.2, -0.15) is 15.2 Å². The Balaban J connectivity index is 1.15. The molecular formula is C37H35ClF5N7O3S. The Hall–Kier alpha value is -4.20. The van der Waals surface area contributed by atoms with Crippen LogP contribution in [0.1, 0.15) is 44.1 Å². The zero-order valence-corrected chi connectivity index (χ0v) is 30.5. The van der Waals surface area contributed by atoms with Crippen LogP contribution in [-0.4, -0.2) is 95.8 Å². The normalized spacial score (nSPS) is 26.6. The summed E-state index contributed by atoms with van der Waals surface area (Å²) in [5.74, 6) is -2.52. The first-order valence-electron chi connectivity index (χ1n) is 18.1. The van der Waals surface area contributed by atoms with Crippen molar-refractivity contribution in [3.63, 3.8) is 0 Å². The van der Waals surface area contributed by atoms with Crippen molar-refractivity contribution in [1.82, 2.24) is 19.8 Å². The first kappa shape index (κ1) is 35.5. The SMILES string of the molecule is N#Cc1c(N)sc2c(F)ccc(-c3c(Cl)c4c5c(nc(OC[C@@]67CCCN6C[C@H](F)C7)nc5c3F)N([C@H]3CCN(C(=O)C5CC(C(F)F)C5)C3)CCO4)c12. The maximum absolute atomic E-state index is 17.3. The summed E-state index contributed by atoms with van der Waals surface area (Å²) in [6.07, 6.45) is -0.698. The number of hydrogen-bond acceptors (Lipinski definition) is 10. The number of nitriles is 1. The topological polar surface area (TPSA) is 121 Å². The van der Waals surface area contributed by atoms with Crippen LogP contribution in [0.5, 0.6) is 11.8 Å². The Morgan fingerprint density at radius 1 is 1.19 bits per heavy atom. The zero-order valence-electron chi connectivity index (χ0n) is 28.9. The molecule has 1 aliphatic carbocycles. The van der Waals surface area contributed by atoms with Crippen LogP contribution in [0.2, 0.25) is 5.02 Å². The number of anilines is 2. The highest BCUT2D eigenvalue weighted by Gasteiger charge is 2.50. The summed E-state index contributed by atoms with van der Waals surface area (Å²) in [7, 11) is 0. The van der Waals surface area contributed by atoms with Crippen LogP contribution in [-0.2, 0) is 4.79 Å². The number of ether oxygens (including phenoxy) is 2. The number of halogens is 6. The van der Waals surface area contributed by atoms with Gasteiger partial charge in [0.1, 0.15) is 47.6 Å². The molecule has 54 heavy (non-hydrogen) atoms. The van der Waals surface area contributed by atoms with E-state index in [2.05, 4.69) is 9.88 Å². The first-order chi connectivity index (χ1) is 26.0. The second-order valence-corrected chi connectivity index (χ2v) is 16.5. The minimum absolute atomic E-state index is 0.0134. The lowest BCUT2D eigenvalue weighted by Crippen LogP contribution is -2.45. The Morgan fingerprint density at radius 2 is 2.00 bits per heavy atom. The van der Waals surface area contributed by atoms with Gasteiger partial charge in [0.25, 0.3) is 0 Å². The summed E-state index contributed by atoms with van der Waals surface area (Å²) in [6.45, 7) is 2.17. The maximum Gasteiger partial charge on any atom is 0.319 e. The number of thiophene rings is 1. The largest absolute Gasteiger partial charge is 0.489 e. The number of amides is 1. The van der Waals surface area contributed by atoms with Gasteiger partial charge in [-0.05, 0) is 50.3 Å². The van der Waals surface area contributed by atoms with E-state index in [1.807, 2.05) is 11.0 Å². The summed E-state index contributed by atoms with van der Waals surface area (Å²) in [6, 6.07) is 4.07. The van der Waals surface area contributed by atoms with Crippen molar-refractivity contribution in [2.45, 2.75) is 62.7 Å². The van der Waals surface area contributed by atoms with Gasteiger partial charge in [-0.15, -0.1) is 11.3 Å². The van der Waals surface area contributed by atoms with Gasteiger partial charge >= 0.3 is 6.01 Å². The van der Waals surface area contributed by atoms with Crippen molar-refractivity contribution >= 4 is 60.7 Å². The number of carbonyl (C=O) groups is 1. The van der Waals surface area contributed by atoms with Crippen molar-refractivity contribution in [2.75, 3.05) is 56.6 Å². The number of benzene rings is 2. The molecule has 17 heteroatoms. The predicted molar refractivity (Wildman–Crippen MR) is 193 cm³/mol. The summed E-state index contributed by atoms with van der Waals surface area (Å²) >= 11 is 7.92. The third-order valence-corrected chi connectivity index (χ3v) is 13.4. The van der Waals surface area contributed by atoms with Crippen LogP contribution in [0.15, 0.2) is 12.1 Å².